The zero-order valence-corrected chi connectivity index (χ0v) is 30.4. The number of hydrogen-bond donors (Lipinski definition) is 1. The van der Waals surface area contributed by atoms with E-state index in [1.165, 1.54) is 11.3 Å². The van der Waals surface area contributed by atoms with Crippen molar-refractivity contribution in [1.29, 1.82) is 0 Å². The molecule has 1 amide bonds. The number of ether oxygens (including phenoxy) is 3. The Morgan fingerprint density at radius 2 is 1.80 bits per heavy atom. The fourth-order valence-electron chi connectivity index (χ4n) is 6.57. The van der Waals surface area contributed by atoms with Crippen molar-refractivity contribution in [2.75, 3.05) is 56.3 Å². The van der Waals surface area contributed by atoms with Gasteiger partial charge in [-0.05, 0) is 110 Å². The Hall–Kier alpha value is -3.83. The molecule has 266 valence electrons. The van der Waals surface area contributed by atoms with E-state index >= 15 is 0 Å². The van der Waals surface area contributed by atoms with Crippen LogP contribution >= 0.6 is 0 Å². The number of carbonyl (C=O) groups excluding carboxylic acids is 1. The van der Waals surface area contributed by atoms with Crippen molar-refractivity contribution in [3.8, 4) is 16.9 Å². The number of fused-ring (bicyclic) bond motifs is 1. The van der Waals surface area contributed by atoms with Crippen LogP contribution in [0, 0.1) is 18.8 Å². The summed E-state index contributed by atoms with van der Waals surface area (Å²) in [5.41, 5.74) is 7.21. The van der Waals surface area contributed by atoms with Gasteiger partial charge in [-0.3, -0.25) is 4.79 Å². The highest BCUT2D eigenvalue weighted by molar-refractivity contribution is 7.90. The molecule has 2 aliphatic heterocycles. The van der Waals surface area contributed by atoms with Crippen molar-refractivity contribution in [3.05, 3.63) is 90.0 Å². The van der Waals surface area contributed by atoms with E-state index < -0.39 is 11.2 Å². The van der Waals surface area contributed by atoms with Crippen molar-refractivity contribution < 1.29 is 23.6 Å². The number of aryl methyl sites for hydroxylation is 2. The van der Waals surface area contributed by atoms with Crippen LogP contribution in [0.25, 0.3) is 11.1 Å². The SMILES string of the molecule is CCCCOCCOc1ccc(-c2ccc3c(c2)CC(C(=O)Nc2ccc([S@+]([O-])Cc4c(C)ncn4CC)cc2)CCN3CC2COC2)cc1. The second kappa shape index (κ2) is 17.4. The normalized spacial score (nSPS) is 16.7. The Balaban J connectivity index is 1.12. The van der Waals surface area contributed by atoms with Crippen molar-refractivity contribution in [2.45, 2.75) is 63.6 Å². The molecular weight excluding hydrogens is 649 g/mol. The summed E-state index contributed by atoms with van der Waals surface area (Å²) >= 11 is -1.22. The fraction of sp³-hybridized carbons (Fsp3) is 0.450. The molecule has 2 aliphatic rings. The third-order valence-electron chi connectivity index (χ3n) is 9.67. The smallest absolute Gasteiger partial charge is 0.227 e. The Labute approximate surface area is 299 Å². The molecule has 0 spiro atoms. The monoisotopic (exact) mass is 698 g/mol. The third-order valence-corrected chi connectivity index (χ3v) is 11.0. The van der Waals surface area contributed by atoms with E-state index in [0.717, 1.165) is 91.9 Å². The predicted molar refractivity (Wildman–Crippen MR) is 199 cm³/mol. The number of nitrogens with zero attached hydrogens (tertiary/aromatic N) is 3. The zero-order valence-electron chi connectivity index (χ0n) is 29.6. The van der Waals surface area contributed by atoms with Gasteiger partial charge in [0.1, 0.15) is 12.4 Å². The van der Waals surface area contributed by atoms with Gasteiger partial charge in [-0.15, -0.1) is 0 Å². The van der Waals surface area contributed by atoms with Gasteiger partial charge in [0.25, 0.3) is 0 Å². The van der Waals surface area contributed by atoms with Crippen LogP contribution in [0.4, 0.5) is 11.4 Å². The average molecular weight is 699 g/mol. The Morgan fingerprint density at radius 3 is 2.52 bits per heavy atom. The van der Waals surface area contributed by atoms with Gasteiger partial charge in [0, 0.05) is 49.5 Å². The molecule has 0 aliphatic carbocycles. The molecule has 1 N–H and O–H groups in total. The Kier molecular flexibility index (Phi) is 12.5. The zero-order chi connectivity index (χ0) is 34.9. The number of imidazole rings is 1. The number of benzene rings is 3. The number of hydrogen-bond acceptors (Lipinski definition) is 7. The van der Waals surface area contributed by atoms with Gasteiger partial charge in [0.2, 0.25) is 5.91 Å². The highest BCUT2D eigenvalue weighted by atomic mass is 32.2. The minimum Gasteiger partial charge on any atom is -0.611 e. The molecule has 10 heteroatoms. The van der Waals surface area contributed by atoms with Crippen molar-refractivity contribution in [3.63, 3.8) is 0 Å². The van der Waals surface area contributed by atoms with E-state index in [1.807, 2.05) is 47.9 Å². The number of amides is 1. The summed E-state index contributed by atoms with van der Waals surface area (Å²) in [5, 5.41) is 3.16. The van der Waals surface area contributed by atoms with Crippen molar-refractivity contribution >= 4 is 28.5 Å². The van der Waals surface area contributed by atoms with Crippen LogP contribution in [-0.4, -0.2) is 66.1 Å². The van der Waals surface area contributed by atoms with Gasteiger partial charge < -0.3 is 33.5 Å². The molecule has 6 rings (SSSR count). The van der Waals surface area contributed by atoms with Crippen LogP contribution in [0.5, 0.6) is 5.75 Å². The second-order valence-corrected chi connectivity index (χ2v) is 14.7. The molecule has 2 atom stereocenters. The van der Waals surface area contributed by atoms with Gasteiger partial charge in [-0.2, -0.15) is 0 Å². The topological polar surface area (TPSA) is 101 Å². The highest BCUT2D eigenvalue weighted by Gasteiger charge is 2.30. The minimum absolute atomic E-state index is 0.00620. The van der Waals surface area contributed by atoms with E-state index in [-0.39, 0.29) is 11.8 Å². The molecule has 1 fully saturated rings. The Morgan fingerprint density at radius 1 is 1.02 bits per heavy atom. The molecule has 1 aromatic heterocycles. The van der Waals surface area contributed by atoms with Gasteiger partial charge in [-0.1, -0.05) is 31.5 Å². The number of rotatable bonds is 16. The van der Waals surface area contributed by atoms with Crippen molar-refractivity contribution in [2.24, 2.45) is 11.8 Å². The maximum atomic E-state index is 13.8. The molecule has 1 unspecified atom stereocenters. The summed E-state index contributed by atoms with van der Waals surface area (Å²) in [6, 6.07) is 22.3. The second-order valence-electron chi connectivity index (χ2n) is 13.3. The van der Waals surface area contributed by atoms with Crippen LogP contribution in [0.15, 0.2) is 78.0 Å². The lowest BCUT2D eigenvalue weighted by molar-refractivity contribution is -0.120. The third kappa shape index (κ3) is 9.09. The molecule has 9 nitrogen and oxygen atoms in total. The first kappa shape index (κ1) is 36.0. The quantitative estimate of drug-likeness (QED) is 0.0991. The van der Waals surface area contributed by atoms with E-state index in [9.17, 15) is 9.35 Å². The lowest BCUT2D eigenvalue weighted by atomic mass is 9.93. The van der Waals surface area contributed by atoms with Crippen LogP contribution in [-0.2, 0) is 44.2 Å². The summed E-state index contributed by atoms with van der Waals surface area (Å²) in [5.74, 6) is 1.56. The first-order valence-corrected chi connectivity index (χ1v) is 19.3. The molecule has 1 saturated heterocycles. The summed E-state index contributed by atoms with van der Waals surface area (Å²) in [7, 11) is 0. The Bertz CT molecular complexity index is 1690. The lowest BCUT2D eigenvalue weighted by Gasteiger charge is -2.34. The molecule has 0 saturated carbocycles. The summed E-state index contributed by atoms with van der Waals surface area (Å²) in [4.78, 5) is 21.3. The number of unbranched alkanes of at least 4 members (excludes halogenated alkanes) is 1. The van der Waals surface area contributed by atoms with E-state index in [4.69, 9.17) is 14.2 Å². The first-order chi connectivity index (χ1) is 24.4. The molecule has 4 aromatic rings. The number of anilines is 2. The number of nitrogens with one attached hydrogen (secondary N) is 1. The molecule has 3 heterocycles. The molecule has 0 bridgehead atoms. The van der Waals surface area contributed by atoms with E-state index in [0.29, 0.717) is 37.0 Å². The van der Waals surface area contributed by atoms with Gasteiger partial charge >= 0.3 is 0 Å². The minimum atomic E-state index is -1.22. The van der Waals surface area contributed by atoms with Crippen LogP contribution < -0.4 is 15.0 Å². The predicted octanol–water partition coefficient (Wildman–Crippen LogP) is 7.04. The molecule has 0 radical (unpaired) electrons. The maximum absolute atomic E-state index is 13.8. The van der Waals surface area contributed by atoms with Gasteiger partial charge in [0.15, 0.2) is 10.6 Å². The largest absolute Gasteiger partial charge is 0.611 e. The lowest BCUT2D eigenvalue weighted by Crippen LogP contribution is -2.40. The molecular formula is C40H50N4O5S. The van der Waals surface area contributed by atoms with Crippen LogP contribution in [0.2, 0.25) is 0 Å². The number of aromatic nitrogens is 2. The molecule has 50 heavy (non-hydrogen) atoms. The molecule has 3 aromatic carbocycles. The van der Waals surface area contributed by atoms with Gasteiger partial charge in [0.05, 0.1) is 37.5 Å². The maximum Gasteiger partial charge on any atom is 0.227 e. The van der Waals surface area contributed by atoms with Crippen molar-refractivity contribution in [1.82, 2.24) is 9.55 Å². The number of carbonyl (C=O) groups is 1. The first-order valence-electron chi connectivity index (χ1n) is 18.0. The van der Waals surface area contributed by atoms with Crippen LogP contribution in [0.3, 0.4) is 0 Å². The fourth-order valence-corrected chi connectivity index (χ4v) is 7.80. The summed E-state index contributed by atoms with van der Waals surface area (Å²) in [6.07, 6.45) is 5.40. The highest BCUT2D eigenvalue weighted by Crippen LogP contribution is 2.35. The summed E-state index contributed by atoms with van der Waals surface area (Å²) in [6.45, 7) is 12.1. The van der Waals surface area contributed by atoms with Crippen LogP contribution in [0.1, 0.15) is 50.1 Å². The van der Waals surface area contributed by atoms with E-state index in [1.54, 1.807) is 6.33 Å². The van der Waals surface area contributed by atoms with E-state index in [2.05, 4.69) is 59.4 Å². The summed E-state index contributed by atoms with van der Waals surface area (Å²) < 4.78 is 32.2. The standard InChI is InChI=1S/C40H50N4O5S/c1-4-6-19-47-20-21-49-36-12-7-31(8-13-36)32-9-16-38-34(22-32)23-33(17-18-44(38)24-30-25-48-26-30)40(45)42-35-10-14-37(15-11-35)50(46)27-39-29(3)41-28-43(39)5-2/h7-16,22,28,30,33H,4-6,17-21,23-27H2,1-3H3,(H,42,45)/t33?,50-/m1/s1. The van der Waals surface area contributed by atoms with Gasteiger partial charge in [-0.25, -0.2) is 4.98 Å². The average Bonchev–Trinajstić information content (AvgIpc) is 3.36.